The Kier molecular flexibility index (Phi) is 5.39. The standard InChI is InChI=1S/C11H11Cl3O2/c1-2-3-4-10(15)16-11-8(13)5-7(12)6-9(11)14/h5-6H,2-4H2,1H3. The number of carbonyl (C=O) groups is 1. The molecule has 0 saturated carbocycles. The molecule has 0 fully saturated rings. The minimum absolute atomic E-state index is 0.175. The minimum Gasteiger partial charge on any atom is -0.423 e. The average molecular weight is 282 g/mol. The van der Waals surface area contributed by atoms with Gasteiger partial charge in [0, 0.05) is 11.4 Å². The van der Waals surface area contributed by atoms with Crippen LogP contribution in [0.25, 0.3) is 0 Å². The zero-order chi connectivity index (χ0) is 12.1. The summed E-state index contributed by atoms with van der Waals surface area (Å²) in [6.45, 7) is 2.00. The van der Waals surface area contributed by atoms with Crippen LogP contribution in [-0.2, 0) is 4.79 Å². The number of halogens is 3. The van der Waals surface area contributed by atoms with Crippen molar-refractivity contribution in [2.45, 2.75) is 26.2 Å². The van der Waals surface area contributed by atoms with Gasteiger partial charge in [0.25, 0.3) is 0 Å². The van der Waals surface area contributed by atoms with Gasteiger partial charge in [-0.3, -0.25) is 4.79 Å². The molecule has 1 aromatic rings. The van der Waals surface area contributed by atoms with Crippen LogP contribution in [0.4, 0.5) is 0 Å². The number of benzene rings is 1. The Hall–Kier alpha value is -0.440. The maximum absolute atomic E-state index is 11.4. The van der Waals surface area contributed by atoms with Crippen LogP contribution in [-0.4, -0.2) is 5.97 Å². The zero-order valence-electron chi connectivity index (χ0n) is 8.73. The van der Waals surface area contributed by atoms with Gasteiger partial charge in [-0.1, -0.05) is 48.1 Å². The quantitative estimate of drug-likeness (QED) is 0.588. The molecule has 0 spiro atoms. The van der Waals surface area contributed by atoms with Crippen LogP contribution < -0.4 is 4.74 Å². The molecular formula is C11H11Cl3O2. The summed E-state index contributed by atoms with van der Waals surface area (Å²) in [7, 11) is 0. The molecule has 16 heavy (non-hydrogen) atoms. The number of carbonyl (C=O) groups excluding carboxylic acids is 1. The Balaban J connectivity index is 2.77. The van der Waals surface area contributed by atoms with Crippen LogP contribution in [0.2, 0.25) is 15.1 Å². The van der Waals surface area contributed by atoms with Crippen molar-refractivity contribution in [3.8, 4) is 5.75 Å². The second-order valence-corrected chi connectivity index (χ2v) is 4.53. The molecule has 0 atom stereocenters. The Labute approximate surface area is 109 Å². The van der Waals surface area contributed by atoms with Crippen LogP contribution in [0, 0.1) is 0 Å². The predicted octanol–water partition coefficient (Wildman–Crippen LogP) is 4.74. The van der Waals surface area contributed by atoms with E-state index in [4.69, 9.17) is 39.5 Å². The van der Waals surface area contributed by atoms with Gasteiger partial charge in [0.1, 0.15) is 0 Å². The second-order valence-electron chi connectivity index (χ2n) is 3.28. The van der Waals surface area contributed by atoms with E-state index in [9.17, 15) is 4.79 Å². The zero-order valence-corrected chi connectivity index (χ0v) is 11.0. The Morgan fingerprint density at radius 3 is 2.31 bits per heavy atom. The van der Waals surface area contributed by atoms with Crippen LogP contribution in [0.15, 0.2) is 12.1 Å². The molecule has 2 nitrogen and oxygen atoms in total. The van der Waals surface area contributed by atoms with Crippen molar-refractivity contribution in [2.24, 2.45) is 0 Å². The Morgan fingerprint density at radius 2 is 1.81 bits per heavy atom. The number of rotatable bonds is 4. The topological polar surface area (TPSA) is 26.3 Å². The fourth-order valence-electron chi connectivity index (χ4n) is 1.11. The molecule has 0 aliphatic heterocycles. The van der Waals surface area contributed by atoms with E-state index in [1.54, 1.807) is 0 Å². The maximum atomic E-state index is 11.4. The van der Waals surface area contributed by atoms with Crippen molar-refractivity contribution in [3.05, 3.63) is 27.2 Å². The normalized spacial score (nSPS) is 10.2. The first-order valence-corrected chi connectivity index (χ1v) is 6.03. The van der Waals surface area contributed by atoms with Gasteiger partial charge in [-0.05, 0) is 18.6 Å². The van der Waals surface area contributed by atoms with Gasteiger partial charge >= 0.3 is 5.97 Å². The minimum atomic E-state index is -0.340. The molecule has 88 valence electrons. The molecule has 0 unspecified atom stereocenters. The van der Waals surface area contributed by atoms with E-state index in [-0.39, 0.29) is 21.8 Å². The van der Waals surface area contributed by atoms with Crippen LogP contribution in [0.1, 0.15) is 26.2 Å². The third kappa shape index (κ3) is 3.85. The van der Waals surface area contributed by atoms with Gasteiger partial charge in [0.2, 0.25) is 0 Å². The van der Waals surface area contributed by atoms with E-state index in [0.717, 1.165) is 12.8 Å². The van der Waals surface area contributed by atoms with Gasteiger partial charge in [0.15, 0.2) is 5.75 Å². The highest BCUT2D eigenvalue weighted by Gasteiger charge is 2.13. The Morgan fingerprint density at radius 1 is 1.25 bits per heavy atom. The summed E-state index contributed by atoms with van der Waals surface area (Å²) >= 11 is 17.5. The number of esters is 1. The molecule has 0 aromatic heterocycles. The molecule has 1 aromatic carbocycles. The van der Waals surface area contributed by atoms with E-state index in [2.05, 4.69) is 0 Å². The van der Waals surface area contributed by atoms with Crippen LogP contribution in [0.5, 0.6) is 5.75 Å². The van der Waals surface area contributed by atoms with E-state index in [1.165, 1.54) is 12.1 Å². The van der Waals surface area contributed by atoms with Crippen molar-refractivity contribution in [3.63, 3.8) is 0 Å². The van der Waals surface area contributed by atoms with Gasteiger partial charge in [-0.25, -0.2) is 0 Å². The van der Waals surface area contributed by atoms with Gasteiger partial charge in [-0.2, -0.15) is 0 Å². The molecule has 0 aliphatic carbocycles. The smallest absolute Gasteiger partial charge is 0.311 e. The molecule has 0 amide bonds. The van der Waals surface area contributed by atoms with E-state index < -0.39 is 0 Å². The highest BCUT2D eigenvalue weighted by Crippen LogP contribution is 2.36. The number of unbranched alkanes of at least 4 members (excludes halogenated alkanes) is 1. The fourth-order valence-corrected chi connectivity index (χ4v) is 2.01. The average Bonchev–Trinajstić information content (AvgIpc) is 2.20. The molecule has 0 saturated heterocycles. The van der Waals surface area contributed by atoms with E-state index in [1.807, 2.05) is 6.92 Å². The van der Waals surface area contributed by atoms with E-state index >= 15 is 0 Å². The number of ether oxygens (including phenoxy) is 1. The molecule has 5 heteroatoms. The summed E-state index contributed by atoms with van der Waals surface area (Å²) < 4.78 is 5.07. The molecular weight excluding hydrogens is 270 g/mol. The van der Waals surface area contributed by atoms with Gasteiger partial charge < -0.3 is 4.74 Å². The van der Waals surface area contributed by atoms with Crippen molar-refractivity contribution < 1.29 is 9.53 Å². The first kappa shape index (κ1) is 13.6. The summed E-state index contributed by atoms with van der Waals surface area (Å²) in [5.41, 5.74) is 0. The number of hydrogen-bond acceptors (Lipinski definition) is 2. The third-order valence-electron chi connectivity index (χ3n) is 1.91. The van der Waals surface area contributed by atoms with Gasteiger partial charge in [-0.15, -0.1) is 0 Å². The summed E-state index contributed by atoms with van der Waals surface area (Å²) in [5, 5.41) is 0.882. The fraction of sp³-hybridized carbons (Fsp3) is 0.364. The molecule has 0 radical (unpaired) electrons. The van der Waals surface area contributed by atoms with Crippen LogP contribution in [0.3, 0.4) is 0 Å². The summed E-state index contributed by atoms with van der Waals surface area (Å²) in [5.74, 6) is -0.165. The lowest BCUT2D eigenvalue weighted by atomic mass is 10.2. The largest absolute Gasteiger partial charge is 0.423 e. The monoisotopic (exact) mass is 280 g/mol. The lowest BCUT2D eigenvalue weighted by Gasteiger charge is -2.08. The molecule has 0 N–H and O–H groups in total. The first-order valence-electron chi connectivity index (χ1n) is 4.89. The molecule has 1 rings (SSSR count). The molecule has 0 aliphatic rings. The lowest BCUT2D eigenvalue weighted by Crippen LogP contribution is -2.08. The maximum Gasteiger partial charge on any atom is 0.311 e. The van der Waals surface area contributed by atoms with Crippen molar-refractivity contribution in [1.82, 2.24) is 0 Å². The lowest BCUT2D eigenvalue weighted by molar-refractivity contribution is -0.134. The first-order chi connectivity index (χ1) is 7.54. The Bertz CT molecular complexity index is 368. The highest BCUT2D eigenvalue weighted by molar-refractivity contribution is 6.40. The van der Waals surface area contributed by atoms with Crippen LogP contribution >= 0.6 is 34.8 Å². The van der Waals surface area contributed by atoms with Crippen molar-refractivity contribution >= 4 is 40.8 Å². The van der Waals surface area contributed by atoms with Gasteiger partial charge in [0.05, 0.1) is 10.0 Å². The van der Waals surface area contributed by atoms with Crippen molar-refractivity contribution in [1.29, 1.82) is 0 Å². The van der Waals surface area contributed by atoms with Crippen molar-refractivity contribution in [2.75, 3.05) is 0 Å². The molecule has 0 bridgehead atoms. The van der Waals surface area contributed by atoms with E-state index in [0.29, 0.717) is 11.4 Å². The SMILES string of the molecule is CCCCC(=O)Oc1c(Cl)cc(Cl)cc1Cl. The third-order valence-corrected chi connectivity index (χ3v) is 2.69. The highest BCUT2D eigenvalue weighted by atomic mass is 35.5. The summed E-state index contributed by atoms with van der Waals surface area (Å²) in [4.78, 5) is 11.4. The predicted molar refractivity (Wildman–Crippen MR) is 66.6 cm³/mol. The second kappa shape index (κ2) is 6.33. The number of hydrogen-bond donors (Lipinski definition) is 0. The summed E-state index contributed by atoms with van der Waals surface area (Å²) in [6, 6.07) is 2.97. The summed E-state index contributed by atoms with van der Waals surface area (Å²) in [6.07, 6.45) is 2.06. The molecule has 0 heterocycles.